The van der Waals surface area contributed by atoms with Crippen molar-refractivity contribution in [2.75, 3.05) is 5.75 Å². The van der Waals surface area contributed by atoms with Crippen LogP contribution < -0.4 is 0 Å². The van der Waals surface area contributed by atoms with Crippen LogP contribution in [-0.4, -0.2) is 32.7 Å². The summed E-state index contributed by atoms with van der Waals surface area (Å²) in [5.41, 5.74) is -1.91. The van der Waals surface area contributed by atoms with Gasteiger partial charge in [0.1, 0.15) is 0 Å². The first-order chi connectivity index (χ1) is 13.9. The van der Waals surface area contributed by atoms with Crippen molar-refractivity contribution in [3.63, 3.8) is 0 Å². The molecule has 0 saturated heterocycles. The highest BCUT2D eigenvalue weighted by molar-refractivity contribution is 8.00. The Morgan fingerprint density at radius 3 is 2.50 bits per heavy atom. The molecule has 0 spiro atoms. The average molecular weight is 455 g/mol. The van der Waals surface area contributed by atoms with Gasteiger partial charge in [-0.05, 0) is 50.2 Å². The number of carbonyl (C=O) groups excluding carboxylic acids is 1. The predicted octanol–water partition coefficient (Wildman–Crippen LogP) is 4.89. The van der Waals surface area contributed by atoms with E-state index in [2.05, 4.69) is 4.98 Å². The molecule has 0 bridgehead atoms. The second-order valence-electron chi connectivity index (χ2n) is 6.74. The Bertz CT molecular complexity index is 1140. The molecule has 5 nitrogen and oxygen atoms in total. The number of benzene rings is 1. The summed E-state index contributed by atoms with van der Waals surface area (Å²) in [6.45, 7) is 2.83. The van der Waals surface area contributed by atoms with Gasteiger partial charge in [0.05, 0.1) is 21.7 Å². The largest absolute Gasteiger partial charge is 0.479 e. The lowest BCUT2D eigenvalue weighted by Crippen LogP contribution is -2.30. The summed E-state index contributed by atoms with van der Waals surface area (Å²) in [5.74, 6) is -1.83. The molecule has 10 heteroatoms. The number of rotatable bonds is 6. The highest BCUT2D eigenvalue weighted by Gasteiger charge is 2.34. The Morgan fingerprint density at radius 1 is 1.17 bits per heavy atom. The topological polar surface area (TPSA) is 87.5 Å². The fourth-order valence-corrected chi connectivity index (χ4v) is 4.77. The Kier molecular flexibility index (Phi) is 5.94. The third kappa shape index (κ3) is 4.50. The molecule has 0 amide bonds. The van der Waals surface area contributed by atoms with Gasteiger partial charge in [0.15, 0.2) is 11.4 Å². The first kappa shape index (κ1) is 22.3. The number of aromatic nitrogens is 1. The van der Waals surface area contributed by atoms with Gasteiger partial charge in [-0.2, -0.15) is 13.2 Å². The predicted molar refractivity (Wildman–Crippen MR) is 108 cm³/mol. The van der Waals surface area contributed by atoms with Crippen molar-refractivity contribution in [1.29, 1.82) is 0 Å². The molecule has 0 radical (unpaired) electrons. The highest BCUT2D eigenvalue weighted by Crippen LogP contribution is 2.35. The normalized spacial score (nSPS) is 13.9. The van der Waals surface area contributed by atoms with E-state index in [4.69, 9.17) is 5.11 Å². The average Bonchev–Trinajstić information content (AvgIpc) is 3.15. The van der Waals surface area contributed by atoms with E-state index in [1.54, 1.807) is 13.0 Å². The van der Waals surface area contributed by atoms with Crippen LogP contribution in [0.3, 0.4) is 0 Å². The lowest BCUT2D eigenvalue weighted by atomic mass is 10.1. The zero-order valence-corrected chi connectivity index (χ0v) is 17.4. The lowest BCUT2D eigenvalue weighted by Gasteiger charge is -2.15. The van der Waals surface area contributed by atoms with Gasteiger partial charge >= 0.3 is 12.1 Å². The van der Waals surface area contributed by atoms with E-state index in [1.807, 2.05) is 0 Å². The summed E-state index contributed by atoms with van der Waals surface area (Å²) in [6, 6.07) is 7.71. The minimum Gasteiger partial charge on any atom is -0.479 e. The molecule has 0 aliphatic carbocycles. The first-order valence-corrected chi connectivity index (χ1v) is 10.4. The summed E-state index contributed by atoms with van der Waals surface area (Å²) in [7, 11) is 0. The van der Waals surface area contributed by atoms with Crippen molar-refractivity contribution in [2.45, 2.75) is 30.5 Å². The number of nitrogens with zero attached hydrogens (tertiary/aromatic N) is 1. The number of alkyl halides is 3. The molecule has 3 rings (SSSR count). The SMILES string of the molecule is Cc1cc(SCC(=O)c2ccc([C@@](C)(O)C(=O)O)s2)c2cc(C(F)(F)F)ccc2n1. The molecule has 0 fully saturated rings. The zero-order valence-electron chi connectivity index (χ0n) is 15.8. The van der Waals surface area contributed by atoms with Crippen LogP contribution >= 0.6 is 23.1 Å². The van der Waals surface area contributed by atoms with Crippen molar-refractivity contribution in [2.24, 2.45) is 0 Å². The molecule has 0 aliphatic rings. The van der Waals surface area contributed by atoms with Crippen molar-refractivity contribution in [1.82, 2.24) is 4.98 Å². The van der Waals surface area contributed by atoms with E-state index >= 15 is 0 Å². The van der Waals surface area contributed by atoms with E-state index in [-0.39, 0.29) is 21.3 Å². The standard InChI is InChI=1S/C20H16F3NO4S2/c1-10-7-16(12-8-11(20(21,22)23)3-4-13(12)24-10)29-9-14(25)15-5-6-17(30-15)19(2,28)18(26)27/h3-8,28H,9H2,1-2H3,(H,26,27)/t19-/m1/s1. The van der Waals surface area contributed by atoms with E-state index < -0.39 is 23.3 Å². The van der Waals surface area contributed by atoms with Gasteiger partial charge in [0.2, 0.25) is 0 Å². The van der Waals surface area contributed by atoms with Gasteiger partial charge < -0.3 is 10.2 Å². The maximum absolute atomic E-state index is 13.1. The van der Waals surface area contributed by atoms with Crippen LogP contribution in [0, 0.1) is 6.92 Å². The number of thiophene rings is 1. The summed E-state index contributed by atoms with van der Waals surface area (Å²) in [5, 5.41) is 19.4. The van der Waals surface area contributed by atoms with E-state index in [0.29, 0.717) is 21.5 Å². The number of pyridine rings is 1. The number of aliphatic carboxylic acids is 1. The van der Waals surface area contributed by atoms with Gasteiger partial charge in [0, 0.05) is 20.9 Å². The minimum absolute atomic E-state index is 0.0655. The molecule has 2 aromatic heterocycles. The molecule has 158 valence electrons. The summed E-state index contributed by atoms with van der Waals surface area (Å²) in [6.07, 6.45) is -4.49. The monoisotopic (exact) mass is 455 g/mol. The number of aliphatic hydroxyl groups is 1. The molecule has 3 aromatic rings. The molecule has 0 unspecified atom stereocenters. The molecule has 2 heterocycles. The number of carboxylic acid groups (broad SMARTS) is 1. The van der Waals surface area contributed by atoms with Crippen LogP contribution in [0.25, 0.3) is 10.9 Å². The molecule has 1 aromatic carbocycles. The highest BCUT2D eigenvalue weighted by atomic mass is 32.2. The summed E-state index contributed by atoms with van der Waals surface area (Å²) >= 11 is 1.95. The third-order valence-corrected chi connectivity index (χ3v) is 6.75. The number of aryl methyl sites for hydroxylation is 1. The molecule has 0 saturated carbocycles. The van der Waals surface area contributed by atoms with Crippen LogP contribution in [0.1, 0.15) is 32.7 Å². The van der Waals surface area contributed by atoms with Crippen LogP contribution in [-0.2, 0) is 16.6 Å². The first-order valence-electron chi connectivity index (χ1n) is 8.60. The molecule has 30 heavy (non-hydrogen) atoms. The van der Waals surface area contributed by atoms with Crippen molar-refractivity contribution >= 4 is 45.8 Å². The maximum Gasteiger partial charge on any atom is 0.416 e. The Hall–Kier alpha value is -2.43. The number of thioether (sulfide) groups is 1. The van der Waals surface area contributed by atoms with E-state index in [1.165, 1.54) is 18.2 Å². The van der Waals surface area contributed by atoms with Crippen molar-refractivity contribution < 1.29 is 33.0 Å². The molecular formula is C20H16F3NO4S2. The van der Waals surface area contributed by atoms with Gasteiger partial charge in [-0.3, -0.25) is 9.78 Å². The van der Waals surface area contributed by atoms with Gasteiger partial charge in [-0.15, -0.1) is 23.1 Å². The number of carbonyl (C=O) groups is 2. The quantitative estimate of drug-likeness (QED) is 0.407. The Morgan fingerprint density at radius 2 is 1.87 bits per heavy atom. The van der Waals surface area contributed by atoms with Crippen molar-refractivity contribution in [3.8, 4) is 0 Å². The Balaban J connectivity index is 1.86. The number of ketones is 1. The molecule has 0 aliphatic heterocycles. The number of halogens is 3. The lowest BCUT2D eigenvalue weighted by molar-refractivity contribution is -0.157. The number of Topliss-reactive ketones (excluding diaryl/α,β-unsaturated/α-hetero) is 1. The number of fused-ring (bicyclic) bond motifs is 1. The van der Waals surface area contributed by atoms with Crippen LogP contribution in [0.5, 0.6) is 0 Å². The Labute approximate surface area is 177 Å². The van der Waals surface area contributed by atoms with E-state index in [0.717, 1.165) is 42.2 Å². The van der Waals surface area contributed by atoms with Gasteiger partial charge in [-0.25, -0.2) is 4.79 Å². The number of hydrogen-bond donors (Lipinski definition) is 2. The number of carboxylic acids is 1. The van der Waals surface area contributed by atoms with Gasteiger partial charge in [-0.1, -0.05) is 0 Å². The number of hydrogen-bond acceptors (Lipinski definition) is 6. The fraction of sp³-hybridized carbons (Fsp3) is 0.250. The molecular weight excluding hydrogens is 439 g/mol. The zero-order chi connectivity index (χ0) is 22.3. The van der Waals surface area contributed by atoms with Crippen LogP contribution in [0.2, 0.25) is 0 Å². The molecule has 1 atom stereocenters. The van der Waals surface area contributed by atoms with Crippen LogP contribution in [0.4, 0.5) is 13.2 Å². The smallest absolute Gasteiger partial charge is 0.416 e. The van der Waals surface area contributed by atoms with Gasteiger partial charge in [0.25, 0.3) is 0 Å². The second kappa shape index (κ2) is 8.01. The second-order valence-corrected chi connectivity index (χ2v) is 8.85. The fourth-order valence-electron chi connectivity index (χ4n) is 2.69. The van der Waals surface area contributed by atoms with E-state index in [9.17, 15) is 27.9 Å². The minimum atomic E-state index is -4.49. The van der Waals surface area contributed by atoms with Crippen LogP contribution in [0.15, 0.2) is 41.3 Å². The van der Waals surface area contributed by atoms with Crippen molar-refractivity contribution in [3.05, 3.63) is 57.4 Å². The third-order valence-electron chi connectivity index (χ3n) is 4.36. The maximum atomic E-state index is 13.1. The summed E-state index contributed by atoms with van der Waals surface area (Å²) in [4.78, 5) is 28.8. The summed E-state index contributed by atoms with van der Waals surface area (Å²) < 4.78 is 39.2. The molecule has 2 N–H and O–H groups in total.